The molecule has 150 valence electrons. The topological polar surface area (TPSA) is 130 Å². The monoisotopic (exact) mass is 397 g/mol. The molecule has 29 heavy (non-hydrogen) atoms. The number of aliphatic hydroxyl groups is 1. The third-order valence-electron chi connectivity index (χ3n) is 5.98. The highest BCUT2D eigenvalue weighted by Gasteiger charge is 2.29. The molecule has 0 saturated heterocycles. The molecule has 0 radical (unpaired) electrons. The van der Waals surface area contributed by atoms with Crippen LogP contribution in [0.2, 0.25) is 0 Å². The Labute approximate surface area is 163 Å². The van der Waals surface area contributed by atoms with Crippen LogP contribution in [0.1, 0.15) is 30.4 Å². The van der Waals surface area contributed by atoms with Crippen LogP contribution < -0.4 is 32.1 Å². The third-order valence-corrected chi connectivity index (χ3v) is 5.98. The summed E-state index contributed by atoms with van der Waals surface area (Å²) in [5.41, 5.74) is -1.15. The van der Waals surface area contributed by atoms with E-state index in [1.807, 2.05) is 0 Å². The van der Waals surface area contributed by atoms with E-state index < -0.39 is 28.8 Å². The van der Waals surface area contributed by atoms with Gasteiger partial charge in [0.25, 0.3) is 0 Å². The number of hydrogen-bond donors (Lipinski definition) is 2. The molecular weight excluding hydrogens is 378 g/mol. The van der Waals surface area contributed by atoms with Crippen LogP contribution in [0.3, 0.4) is 0 Å². The van der Waals surface area contributed by atoms with Gasteiger partial charge in [-0.15, -0.1) is 0 Å². The zero-order chi connectivity index (χ0) is 20.9. The summed E-state index contributed by atoms with van der Waals surface area (Å²) in [6.07, 6.45) is 3.19. The quantitative estimate of drug-likeness (QED) is 0.438. The van der Waals surface area contributed by atoms with Crippen molar-refractivity contribution in [3.05, 3.63) is 68.0 Å². The molecule has 0 saturated carbocycles. The van der Waals surface area contributed by atoms with Crippen molar-refractivity contribution in [2.75, 3.05) is 13.7 Å². The van der Waals surface area contributed by atoms with Gasteiger partial charge in [0.2, 0.25) is 5.43 Å². The van der Waals surface area contributed by atoms with Crippen LogP contribution in [0.4, 0.5) is 0 Å². The Hall–Kier alpha value is -3.13. The zero-order valence-corrected chi connectivity index (χ0v) is 15.8. The Balaban J connectivity index is 2.27. The van der Waals surface area contributed by atoms with Crippen LogP contribution in [0, 0.1) is 16.4 Å². The maximum atomic E-state index is 13.2. The molecule has 1 unspecified atom stereocenters. The van der Waals surface area contributed by atoms with Gasteiger partial charge in [-0.1, -0.05) is 11.2 Å². The van der Waals surface area contributed by atoms with E-state index in [9.17, 15) is 24.4 Å². The van der Waals surface area contributed by atoms with Crippen LogP contribution in [-0.4, -0.2) is 29.8 Å². The molecular formula is C21H19NO7. The van der Waals surface area contributed by atoms with Crippen molar-refractivity contribution in [2.24, 2.45) is 11.1 Å². The lowest BCUT2D eigenvalue weighted by Gasteiger charge is -2.22. The fraction of sp³-hybridized carbons (Fsp3) is 0.381. The first-order chi connectivity index (χ1) is 13.9. The van der Waals surface area contributed by atoms with Crippen LogP contribution in [0.5, 0.6) is 0 Å². The number of ether oxygens (including phenoxy) is 1. The van der Waals surface area contributed by atoms with E-state index in [0.717, 1.165) is 0 Å². The van der Waals surface area contributed by atoms with Crippen LogP contribution in [0.25, 0.3) is 11.8 Å². The summed E-state index contributed by atoms with van der Waals surface area (Å²) < 4.78 is 5.29. The van der Waals surface area contributed by atoms with Gasteiger partial charge in [0.05, 0.1) is 22.8 Å². The summed E-state index contributed by atoms with van der Waals surface area (Å²) in [6, 6.07) is 0. The second-order valence-electron chi connectivity index (χ2n) is 7.37. The van der Waals surface area contributed by atoms with E-state index >= 15 is 0 Å². The molecule has 4 rings (SSSR count). The number of methoxy groups -OCH3 is 1. The Bertz CT molecular complexity index is 1450. The van der Waals surface area contributed by atoms with Gasteiger partial charge >= 0.3 is 0 Å². The molecule has 4 aliphatic carbocycles. The molecule has 0 aromatic rings. The van der Waals surface area contributed by atoms with Crippen molar-refractivity contribution in [3.63, 3.8) is 0 Å². The number of carbonyl (C=O) groups excluding carboxylic acids is 1. The fourth-order valence-corrected chi connectivity index (χ4v) is 4.56. The van der Waals surface area contributed by atoms with E-state index in [4.69, 9.17) is 9.84 Å². The second kappa shape index (κ2) is 7.04. The zero-order valence-electron chi connectivity index (χ0n) is 15.8. The lowest BCUT2D eigenvalue weighted by atomic mass is 9.80. The van der Waals surface area contributed by atoms with Crippen molar-refractivity contribution in [1.29, 1.82) is 0 Å². The Kier molecular flexibility index (Phi) is 4.66. The highest BCUT2D eigenvalue weighted by Crippen LogP contribution is 2.22. The summed E-state index contributed by atoms with van der Waals surface area (Å²) >= 11 is 0. The minimum atomic E-state index is -0.626. The molecule has 4 aliphatic rings. The van der Waals surface area contributed by atoms with Gasteiger partial charge in [-0.05, 0) is 31.2 Å². The third kappa shape index (κ3) is 2.66. The summed E-state index contributed by atoms with van der Waals surface area (Å²) in [7, 11) is 1.41. The predicted molar refractivity (Wildman–Crippen MR) is 101 cm³/mol. The van der Waals surface area contributed by atoms with Gasteiger partial charge < -0.3 is 15.1 Å². The van der Waals surface area contributed by atoms with Gasteiger partial charge in [-0.2, -0.15) is 0 Å². The van der Waals surface area contributed by atoms with Crippen LogP contribution >= 0.6 is 0 Å². The van der Waals surface area contributed by atoms with Gasteiger partial charge in [-0.25, -0.2) is 0 Å². The highest BCUT2D eigenvalue weighted by atomic mass is 16.5. The van der Waals surface area contributed by atoms with E-state index in [1.54, 1.807) is 6.08 Å². The van der Waals surface area contributed by atoms with E-state index in [-0.39, 0.29) is 50.4 Å². The number of carbonyl (C=O) groups is 1. The Morgan fingerprint density at radius 1 is 1.10 bits per heavy atom. The fourth-order valence-electron chi connectivity index (χ4n) is 4.56. The summed E-state index contributed by atoms with van der Waals surface area (Å²) in [6.45, 7) is -0.626. The maximum absolute atomic E-state index is 13.2. The molecule has 0 aromatic carbocycles. The average molecular weight is 397 g/mol. The standard InChI is InChI=1S/C21H19NO7/c1-29-14-4-2-3-11-15(14)21(27)17-16(20(11)26)18(22-28)12-7-9(13(24)8-23)5-6-10(12)19(17)25/h3,9,23,28H,2,4-8H2,1H3. The normalized spacial score (nSPS) is 18.9. The minimum absolute atomic E-state index is 0.0726. The molecule has 2 N–H and O–H groups in total. The molecule has 8 heteroatoms. The molecule has 0 fully saturated rings. The van der Waals surface area contributed by atoms with Crippen molar-refractivity contribution in [3.8, 4) is 0 Å². The van der Waals surface area contributed by atoms with Gasteiger partial charge in [0, 0.05) is 23.1 Å². The van der Waals surface area contributed by atoms with Crippen LogP contribution in [0.15, 0.2) is 19.5 Å². The van der Waals surface area contributed by atoms with E-state index in [0.29, 0.717) is 30.6 Å². The van der Waals surface area contributed by atoms with Crippen molar-refractivity contribution >= 4 is 17.6 Å². The second-order valence-corrected chi connectivity index (χ2v) is 7.37. The number of hydrogen-bond acceptors (Lipinski definition) is 8. The SMILES string of the molecule is COC1=c2c(=O)c3c(=O)c4c(c(=NO)c=3c(=O)c2=CCC1)CC(C(=O)CO)CC4. The molecule has 0 amide bonds. The number of Topliss-reactive ketones (excluding diaryl/α,β-unsaturated/α-hetero) is 1. The number of ketones is 1. The highest BCUT2D eigenvalue weighted by molar-refractivity contribution is 5.82. The number of rotatable bonds is 3. The van der Waals surface area contributed by atoms with Crippen LogP contribution in [-0.2, 0) is 22.4 Å². The first-order valence-electron chi connectivity index (χ1n) is 9.39. The van der Waals surface area contributed by atoms with E-state index in [2.05, 4.69) is 5.16 Å². The van der Waals surface area contributed by atoms with Gasteiger partial charge in [0.15, 0.2) is 16.6 Å². The summed E-state index contributed by atoms with van der Waals surface area (Å²) in [5.74, 6) is -0.555. The largest absolute Gasteiger partial charge is 0.500 e. The molecule has 0 heterocycles. The van der Waals surface area contributed by atoms with Crippen molar-refractivity contribution in [1.82, 2.24) is 0 Å². The number of aliphatic hydroxyl groups excluding tert-OH is 1. The minimum Gasteiger partial charge on any atom is -0.500 e. The molecule has 1 atom stereocenters. The molecule has 0 aromatic heterocycles. The number of fused-ring (bicyclic) bond motifs is 2. The molecule has 8 nitrogen and oxygen atoms in total. The summed E-state index contributed by atoms with van der Waals surface area (Å²) in [4.78, 5) is 51.6. The van der Waals surface area contributed by atoms with E-state index in [1.165, 1.54) is 7.11 Å². The molecule has 0 aliphatic heterocycles. The predicted octanol–water partition coefficient (Wildman–Crippen LogP) is -2.35. The lowest BCUT2D eigenvalue weighted by Crippen LogP contribution is -2.55. The Morgan fingerprint density at radius 2 is 1.86 bits per heavy atom. The van der Waals surface area contributed by atoms with Gasteiger partial charge in [0.1, 0.15) is 17.7 Å². The maximum Gasteiger partial charge on any atom is 0.201 e. The first kappa shape index (κ1) is 19.2. The average Bonchev–Trinajstić information content (AvgIpc) is 2.75. The summed E-state index contributed by atoms with van der Waals surface area (Å²) in [5, 5.41) is 21.7. The molecule has 0 bridgehead atoms. The van der Waals surface area contributed by atoms with Crippen molar-refractivity contribution < 1.29 is 19.8 Å². The van der Waals surface area contributed by atoms with Crippen molar-refractivity contribution in [2.45, 2.75) is 32.1 Å². The lowest BCUT2D eigenvalue weighted by molar-refractivity contribution is -0.125. The first-order valence-corrected chi connectivity index (χ1v) is 9.39. The number of nitrogens with zero attached hydrogens (tertiary/aromatic N) is 1. The smallest absolute Gasteiger partial charge is 0.201 e. The molecule has 0 spiro atoms. The van der Waals surface area contributed by atoms with Gasteiger partial charge in [-0.3, -0.25) is 19.2 Å². The Morgan fingerprint density at radius 3 is 2.52 bits per heavy atom.